The van der Waals surface area contributed by atoms with Gasteiger partial charge in [0.25, 0.3) is 10.0 Å². The maximum atomic E-state index is 12.4. The van der Waals surface area contributed by atoms with Crippen molar-refractivity contribution in [2.24, 2.45) is 0 Å². The molecule has 0 saturated heterocycles. The summed E-state index contributed by atoms with van der Waals surface area (Å²) in [6.07, 6.45) is 3.88. The SMILES string of the molecule is CCC1(NS(=O)(=O)c2cc(CNC(C)C)cs2)CCC1. The Hall–Kier alpha value is -0.430. The quantitative estimate of drug-likeness (QED) is 0.813. The molecule has 1 saturated carbocycles. The van der Waals surface area contributed by atoms with Crippen molar-refractivity contribution < 1.29 is 8.42 Å². The third kappa shape index (κ3) is 3.61. The van der Waals surface area contributed by atoms with Crippen LogP contribution in [0.5, 0.6) is 0 Å². The van der Waals surface area contributed by atoms with Crippen LogP contribution in [-0.4, -0.2) is 20.0 Å². The van der Waals surface area contributed by atoms with Gasteiger partial charge < -0.3 is 5.32 Å². The summed E-state index contributed by atoms with van der Waals surface area (Å²) in [7, 11) is -3.37. The second kappa shape index (κ2) is 6.13. The molecule has 1 aliphatic rings. The monoisotopic (exact) mass is 316 g/mol. The normalized spacial score (nSPS) is 18.2. The third-order valence-electron chi connectivity index (χ3n) is 3.95. The molecule has 114 valence electrons. The van der Waals surface area contributed by atoms with E-state index >= 15 is 0 Å². The standard InChI is InChI=1S/C14H24N2O2S2/c1-4-14(6-5-7-14)16-20(17,18)13-8-12(10-19-13)9-15-11(2)3/h8,10-11,15-16H,4-7,9H2,1-3H3. The molecule has 2 rings (SSSR count). The van der Waals surface area contributed by atoms with Crippen LogP contribution in [0.2, 0.25) is 0 Å². The van der Waals surface area contributed by atoms with E-state index in [9.17, 15) is 8.42 Å². The molecule has 2 N–H and O–H groups in total. The van der Waals surface area contributed by atoms with Gasteiger partial charge in [-0.2, -0.15) is 0 Å². The lowest BCUT2D eigenvalue weighted by Gasteiger charge is -2.41. The highest BCUT2D eigenvalue weighted by Gasteiger charge is 2.39. The Balaban J connectivity index is 2.06. The second-order valence-corrected chi connectivity index (χ2v) is 8.72. The van der Waals surface area contributed by atoms with Gasteiger partial charge in [-0.25, -0.2) is 13.1 Å². The largest absolute Gasteiger partial charge is 0.310 e. The summed E-state index contributed by atoms with van der Waals surface area (Å²) in [5.41, 5.74) is 0.836. The summed E-state index contributed by atoms with van der Waals surface area (Å²) in [4.78, 5) is 0. The van der Waals surface area contributed by atoms with Crippen LogP contribution in [0, 0.1) is 0 Å². The minimum absolute atomic E-state index is 0.195. The van der Waals surface area contributed by atoms with E-state index in [1.54, 1.807) is 6.07 Å². The summed E-state index contributed by atoms with van der Waals surface area (Å²) < 4.78 is 28.2. The van der Waals surface area contributed by atoms with Crippen LogP contribution in [0.15, 0.2) is 15.7 Å². The summed E-state index contributed by atoms with van der Waals surface area (Å²) in [6.45, 7) is 6.91. The Kier molecular flexibility index (Phi) is 4.89. The molecule has 4 nitrogen and oxygen atoms in total. The molecule has 0 spiro atoms. The van der Waals surface area contributed by atoms with Gasteiger partial charge >= 0.3 is 0 Å². The molecular formula is C14H24N2O2S2. The van der Waals surface area contributed by atoms with Gasteiger partial charge in [0.05, 0.1) is 0 Å². The first-order valence-corrected chi connectivity index (χ1v) is 9.58. The van der Waals surface area contributed by atoms with E-state index in [4.69, 9.17) is 0 Å². The molecule has 1 aromatic heterocycles. The molecule has 0 amide bonds. The van der Waals surface area contributed by atoms with Crippen molar-refractivity contribution in [3.8, 4) is 0 Å². The fourth-order valence-electron chi connectivity index (χ4n) is 2.38. The van der Waals surface area contributed by atoms with Gasteiger partial charge in [-0.3, -0.25) is 0 Å². The van der Waals surface area contributed by atoms with Gasteiger partial charge in [0.15, 0.2) is 0 Å². The Labute approximate surface area is 126 Å². The molecule has 1 aliphatic carbocycles. The first-order valence-electron chi connectivity index (χ1n) is 7.22. The fourth-order valence-corrected chi connectivity index (χ4v) is 5.12. The van der Waals surface area contributed by atoms with E-state index in [-0.39, 0.29) is 5.54 Å². The maximum Gasteiger partial charge on any atom is 0.250 e. The van der Waals surface area contributed by atoms with Gasteiger partial charge in [0, 0.05) is 18.1 Å². The molecule has 1 heterocycles. The predicted octanol–water partition coefficient (Wildman–Crippen LogP) is 2.86. The topological polar surface area (TPSA) is 58.2 Å². The molecule has 1 aromatic rings. The number of thiophene rings is 1. The molecule has 0 unspecified atom stereocenters. The molecule has 6 heteroatoms. The zero-order valence-electron chi connectivity index (χ0n) is 12.4. The molecule has 0 bridgehead atoms. The lowest BCUT2D eigenvalue weighted by Crippen LogP contribution is -2.52. The first kappa shape index (κ1) is 15.9. The molecule has 20 heavy (non-hydrogen) atoms. The van der Waals surface area contributed by atoms with Gasteiger partial charge in [-0.1, -0.05) is 20.8 Å². The molecule has 0 aromatic carbocycles. The van der Waals surface area contributed by atoms with Crippen LogP contribution in [0.25, 0.3) is 0 Å². The number of hydrogen-bond donors (Lipinski definition) is 2. The van der Waals surface area contributed by atoms with Crippen molar-refractivity contribution in [3.63, 3.8) is 0 Å². The van der Waals surface area contributed by atoms with Crippen molar-refractivity contribution in [1.29, 1.82) is 0 Å². The van der Waals surface area contributed by atoms with Crippen molar-refractivity contribution >= 4 is 21.4 Å². The average molecular weight is 316 g/mol. The van der Waals surface area contributed by atoms with Crippen molar-refractivity contribution in [2.45, 2.75) is 68.8 Å². The van der Waals surface area contributed by atoms with E-state index in [1.165, 1.54) is 11.3 Å². The van der Waals surface area contributed by atoms with E-state index < -0.39 is 10.0 Å². The van der Waals surface area contributed by atoms with Crippen LogP contribution < -0.4 is 10.0 Å². The van der Waals surface area contributed by atoms with Crippen molar-refractivity contribution in [2.75, 3.05) is 0 Å². The van der Waals surface area contributed by atoms with E-state index in [0.29, 0.717) is 16.8 Å². The van der Waals surface area contributed by atoms with Crippen LogP contribution in [0.4, 0.5) is 0 Å². The third-order valence-corrected chi connectivity index (χ3v) is 7.01. The highest BCUT2D eigenvalue weighted by Crippen LogP contribution is 2.36. The van der Waals surface area contributed by atoms with Crippen LogP contribution in [0.1, 0.15) is 52.0 Å². The molecule has 0 aliphatic heterocycles. The molecular weight excluding hydrogens is 292 g/mol. The summed E-state index contributed by atoms with van der Waals surface area (Å²) in [6, 6.07) is 2.18. The summed E-state index contributed by atoms with van der Waals surface area (Å²) in [5, 5.41) is 5.22. The van der Waals surface area contributed by atoms with Crippen molar-refractivity contribution in [3.05, 3.63) is 17.0 Å². The maximum absolute atomic E-state index is 12.4. The Bertz CT molecular complexity index is 540. The smallest absolute Gasteiger partial charge is 0.250 e. The minimum Gasteiger partial charge on any atom is -0.310 e. The van der Waals surface area contributed by atoms with Crippen LogP contribution in [-0.2, 0) is 16.6 Å². The lowest BCUT2D eigenvalue weighted by atomic mass is 9.76. The zero-order valence-corrected chi connectivity index (χ0v) is 14.0. The van der Waals surface area contributed by atoms with Gasteiger partial charge in [0.2, 0.25) is 0 Å². The van der Waals surface area contributed by atoms with E-state index in [0.717, 1.165) is 31.2 Å². The second-order valence-electron chi connectivity index (χ2n) is 5.90. The Morgan fingerprint density at radius 1 is 1.40 bits per heavy atom. The number of sulfonamides is 1. The number of rotatable bonds is 7. The minimum atomic E-state index is -3.37. The van der Waals surface area contributed by atoms with E-state index in [2.05, 4.69) is 23.9 Å². The Morgan fingerprint density at radius 3 is 2.60 bits per heavy atom. The van der Waals surface area contributed by atoms with Crippen molar-refractivity contribution in [1.82, 2.24) is 10.0 Å². The van der Waals surface area contributed by atoms with Gasteiger partial charge in [-0.05, 0) is 42.7 Å². The molecule has 1 fully saturated rings. The highest BCUT2D eigenvalue weighted by molar-refractivity contribution is 7.91. The Morgan fingerprint density at radius 2 is 2.10 bits per heavy atom. The van der Waals surface area contributed by atoms with Crippen LogP contribution >= 0.6 is 11.3 Å². The van der Waals surface area contributed by atoms with Gasteiger partial charge in [-0.15, -0.1) is 11.3 Å². The number of nitrogens with one attached hydrogen (secondary N) is 2. The lowest BCUT2D eigenvalue weighted by molar-refractivity contribution is 0.214. The molecule has 0 atom stereocenters. The molecule has 0 radical (unpaired) electrons. The zero-order chi connectivity index (χ0) is 14.8. The van der Waals surface area contributed by atoms with Crippen LogP contribution in [0.3, 0.4) is 0 Å². The summed E-state index contributed by atoms with van der Waals surface area (Å²) >= 11 is 1.30. The predicted molar refractivity (Wildman–Crippen MR) is 83.5 cm³/mol. The summed E-state index contributed by atoms with van der Waals surface area (Å²) in [5.74, 6) is 0. The van der Waals surface area contributed by atoms with Gasteiger partial charge in [0.1, 0.15) is 4.21 Å². The highest BCUT2D eigenvalue weighted by atomic mass is 32.2. The fraction of sp³-hybridized carbons (Fsp3) is 0.714. The van der Waals surface area contributed by atoms with E-state index in [1.807, 2.05) is 12.3 Å². The average Bonchev–Trinajstić information content (AvgIpc) is 2.81. The number of hydrogen-bond acceptors (Lipinski definition) is 4. The first-order chi connectivity index (χ1) is 9.37.